The maximum atomic E-state index is 11.8. The van der Waals surface area contributed by atoms with Crippen LogP contribution < -0.4 is 5.32 Å². The van der Waals surface area contributed by atoms with Gasteiger partial charge in [0.2, 0.25) is 0 Å². The van der Waals surface area contributed by atoms with Crippen LogP contribution in [0.2, 0.25) is 0 Å². The second-order valence-electron chi connectivity index (χ2n) is 5.52. The summed E-state index contributed by atoms with van der Waals surface area (Å²) >= 11 is 0. The Balaban J connectivity index is 3.05. The quantitative estimate of drug-likeness (QED) is 0.617. The maximum absolute atomic E-state index is 11.8. The minimum Gasteiger partial charge on any atom is -0.477 e. The smallest absolute Gasteiger partial charge is 0.408 e. The number of carboxylic acid groups (broad SMARTS) is 1. The topological polar surface area (TPSA) is 116 Å². The highest BCUT2D eigenvalue weighted by atomic mass is 16.6. The SMILES string of the molecule is CC(C)(C)OC(=O)NC(c1ccccc1)C(O)(O)C(=O)O. The third-order valence-corrected chi connectivity index (χ3v) is 2.51. The average Bonchev–Trinajstić information content (AvgIpc) is 2.34. The Morgan fingerprint density at radius 2 is 1.67 bits per heavy atom. The van der Waals surface area contributed by atoms with E-state index in [9.17, 15) is 19.8 Å². The van der Waals surface area contributed by atoms with E-state index in [4.69, 9.17) is 9.84 Å². The number of rotatable bonds is 4. The summed E-state index contributed by atoms with van der Waals surface area (Å²) in [5.74, 6) is -5.05. The number of hydrogen-bond acceptors (Lipinski definition) is 5. The summed E-state index contributed by atoms with van der Waals surface area (Å²) in [6.07, 6.45) is -0.954. The normalized spacial score (nSPS) is 13.4. The first-order valence-electron chi connectivity index (χ1n) is 6.26. The van der Waals surface area contributed by atoms with Crippen LogP contribution in [-0.4, -0.2) is 38.8 Å². The number of amides is 1. The van der Waals surface area contributed by atoms with Crippen LogP contribution in [0.3, 0.4) is 0 Å². The van der Waals surface area contributed by atoms with Crippen LogP contribution >= 0.6 is 0 Å². The van der Waals surface area contributed by atoms with Gasteiger partial charge in [-0.3, -0.25) is 0 Å². The first-order chi connectivity index (χ1) is 9.54. The molecule has 0 heterocycles. The summed E-state index contributed by atoms with van der Waals surface area (Å²) in [4.78, 5) is 22.8. The molecule has 0 spiro atoms. The van der Waals surface area contributed by atoms with Crippen LogP contribution in [0.1, 0.15) is 32.4 Å². The molecular weight excluding hydrogens is 278 g/mol. The summed E-state index contributed by atoms with van der Waals surface area (Å²) in [6.45, 7) is 4.89. The van der Waals surface area contributed by atoms with Crippen LogP contribution in [-0.2, 0) is 9.53 Å². The molecule has 7 heteroatoms. The van der Waals surface area contributed by atoms with Gasteiger partial charge in [-0.15, -0.1) is 0 Å². The predicted octanol–water partition coefficient (Wildman–Crippen LogP) is 1.02. The molecule has 116 valence electrons. The molecule has 1 atom stereocenters. The summed E-state index contributed by atoms with van der Waals surface area (Å²) in [5.41, 5.74) is -0.585. The lowest BCUT2D eigenvalue weighted by Gasteiger charge is -2.29. The van der Waals surface area contributed by atoms with Crippen molar-refractivity contribution in [2.75, 3.05) is 0 Å². The number of carboxylic acids is 1. The average molecular weight is 297 g/mol. The lowest BCUT2D eigenvalue weighted by Crippen LogP contribution is -2.52. The number of aliphatic carboxylic acids is 1. The van der Waals surface area contributed by atoms with Crippen molar-refractivity contribution in [2.45, 2.75) is 38.2 Å². The molecule has 1 rings (SSSR count). The van der Waals surface area contributed by atoms with Crippen molar-refractivity contribution in [2.24, 2.45) is 0 Å². The van der Waals surface area contributed by atoms with Crippen molar-refractivity contribution in [3.8, 4) is 0 Å². The van der Waals surface area contributed by atoms with E-state index in [1.165, 1.54) is 12.1 Å². The molecule has 7 nitrogen and oxygen atoms in total. The molecule has 1 aromatic carbocycles. The van der Waals surface area contributed by atoms with Crippen LogP contribution in [0.25, 0.3) is 0 Å². The van der Waals surface area contributed by atoms with Gasteiger partial charge < -0.3 is 25.4 Å². The first-order valence-corrected chi connectivity index (χ1v) is 6.26. The highest BCUT2D eigenvalue weighted by Crippen LogP contribution is 2.25. The van der Waals surface area contributed by atoms with Gasteiger partial charge in [0.15, 0.2) is 0 Å². The molecule has 0 aliphatic heterocycles. The Morgan fingerprint density at radius 3 is 2.10 bits per heavy atom. The molecule has 21 heavy (non-hydrogen) atoms. The standard InChI is InChI=1S/C14H19NO6/c1-13(2,3)21-12(18)15-10(14(19,20)11(16)17)9-7-5-4-6-8-9/h4-8,10,19-20H,1-3H3,(H,15,18)(H,16,17). The van der Waals surface area contributed by atoms with Crippen LogP contribution in [0.5, 0.6) is 0 Å². The zero-order chi connectivity index (χ0) is 16.3. The molecule has 1 amide bonds. The van der Waals surface area contributed by atoms with E-state index in [0.29, 0.717) is 0 Å². The maximum Gasteiger partial charge on any atom is 0.408 e. The minimum absolute atomic E-state index is 0.218. The third-order valence-electron chi connectivity index (χ3n) is 2.51. The van der Waals surface area contributed by atoms with E-state index in [2.05, 4.69) is 5.32 Å². The van der Waals surface area contributed by atoms with Crippen LogP contribution in [0.4, 0.5) is 4.79 Å². The van der Waals surface area contributed by atoms with Crippen molar-refractivity contribution < 1.29 is 29.6 Å². The van der Waals surface area contributed by atoms with Crippen LogP contribution in [0.15, 0.2) is 30.3 Å². The molecule has 0 saturated heterocycles. The van der Waals surface area contributed by atoms with Crippen molar-refractivity contribution in [1.82, 2.24) is 5.32 Å². The molecule has 0 fully saturated rings. The van der Waals surface area contributed by atoms with Gasteiger partial charge in [-0.2, -0.15) is 0 Å². The number of hydrogen-bond donors (Lipinski definition) is 4. The zero-order valence-electron chi connectivity index (χ0n) is 12.0. The molecule has 0 bridgehead atoms. The Morgan fingerprint density at radius 1 is 1.14 bits per heavy atom. The monoisotopic (exact) mass is 297 g/mol. The Labute approximate surface area is 122 Å². The number of carbonyl (C=O) groups excluding carboxylic acids is 1. The fraction of sp³-hybridized carbons (Fsp3) is 0.429. The van der Waals surface area contributed by atoms with Crippen molar-refractivity contribution in [3.05, 3.63) is 35.9 Å². The van der Waals surface area contributed by atoms with E-state index in [1.807, 2.05) is 0 Å². The molecule has 1 aromatic rings. The lowest BCUT2D eigenvalue weighted by atomic mass is 9.98. The zero-order valence-corrected chi connectivity index (χ0v) is 12.0. The summed E-state index contributed by atoms with van der Waals surface area (Å²) < 4.78 is 5.00. The molecule has 0 saturated carbocycles. The van der Waals surface area contributed by atoms with Crippen molar-refractivity contribution in [3.63, 3.8) is 0 Å². The fourth-order valence-electron chi connectivity index (χ4n) is 1.61. The number of aliphatic hydroxyl groups is 2. The minimum atomic E-state index is -3.17. The van der Waals surface area contributed by atoms with Gasteiger partial charge in [-0.25, -0.2) is 9.59 Å². The molecule has 4 N–H and O–H groups in total. The van der Waals surface area contributed by atoms with Crippen molar-refractivity contribution in [1.29, 1.82) is 0 Å². The predicted molar refractivity (Wildman–Crippen MR) is 73.4 cm³/mol. The van der Waals surface area contributed by atoms with E-state index < -0.39 is 29.5 Å². The van der Waals surface area contributed by atoms with E-state index in [0.717, 1.165) is 0 Å². The highest BCUT2D eigenvalue weighted by Gasteiger charge is 2.45. The lowest BCUT2D eigenvalue weighted by molar-refractivity contribution is -0.214. The van der Waals surface area contributed by atoms with Gasteiger partial charge in [0.1, 0.15) is 11.6 Å². The van der Waals surface area contributed by atoms with Gasteiger partial charge in [0, 0.05) is 0 Å². The first kappa shape index (κ1) is 16.9. The van der Waals surface area contributed by atoms with E-state index >= 15 is 0 Å². The van der Waals surface area contributed by atoms with Gasteiger partial charge in [0.25, 0.3) is 5.79 Å². The number of ether oxygens (including phenoxy) is 1. The van der Waals surface area contributed by atoms with Gasteiger partial charge in [-0.05, 0) is 26.3 Å². The summed E-state index contributed by atoms with van der Waals surface area (Å²) in [7, 11) is 0. The number of carbonyl (C=O) groups is 2. The molecule has 0 aromatic heterocycles. The third kappa shape index (κ3) is 4.73. The van der Waals surface area contributed by atoms with E-state index in [-0.39, 0.29) is 5.56 Å². The van der Waals surface area contributed by atoms with E-state index in [1.54, 1.807) is 39.0 Å². The highest BCUT2D eigenvalue weighted by molar-refractivity contribution is 5.78. The second-order valence-corrected chi connectivity index (χ2v) is 5.52. The van der Waals surface area contributed by atoms with Crippen molar-refractivity contribution >= 4 is 12.1 Å². The van der Waals surface area contributed by atoms with Crippen LogP contribution in [0, 0.1) is 0 Å². The Hall–Kier alpha value is -2.12. The largest absolute Gasteiger partial charge is 0.477 e. The molecule has 0 aliphatic carbocycles. The van der Waals surface area contributed by atoms with Gasteiger partial charge in [0.05, 0.1) is 0 Å². The summed E-state index contributed by atoms with van der Waals surface area (Å²) in [5, 5.41) is 30.6. The number of benzene rings is 1. The van der Waals surface area contributed by atoms with Gasteiger partial charge >= 0.3 is 12.1 Å². The molecule has 0 aliphatic rings. The second kappa shape index (κ2) is 6.11. The Bertz CT molecular complexity index is 506. The van der Waals surface area contributed by atoms with Gasteiger partial charge in [-0.1, -0.05) is 30.3 Å². The molecule has 0 radical (unpaired) electrons. The molecular formula is C14H19NO6. The number of alkyl carbamates (subject to hydrolysis) is 1. The number of nitrogens with one attached hydrogen (secondary N) is 1. The molecule has 1 unspecified atom stereocenters. The Kier molecular flexibility index (Phi) is 4.93. The summed E-state index contributed by atoms with van der Waals surface area (Å²) in [6, 6.07) is 6.18. The fourth-order valence-corrected chi connectivity index (χ4v) is 1.61.